The third-order valence-corrected chi connectivity index (χ3v) is 7.90. The van der Waals surface area contributed by atoms with Gasteiger partial charge in [0.25, 0.3) is 0 Å². The first-order valence-electron chi connectivity index (χ1n) is 12.2. The Bertz CT molecular complexity index is 1280. The highest BCUT2D eigenvalue weighted by atomic mass is 16.5. The monoisotopic (exact) mass is 490 g/mol. The van der Waals surface area contributed by atoms with Crippen molar-refractivity contribution in [2.45, 2.75) is 44.1 Å². The van der Waals surface area contributed by atoms with Gasteiger partial charge in [-0.15, -0.1) is 0 Å². The quantitative estimate of drug-likeness (QED) is 0.506. The molecule has 4 aliphatic rings. The molecule has 36 heavy (non-hydrogen) atoms. The second-order valence-corrected chi connectivity index (χ2v) is 9.77. The minimum atomic E-state index is -1.06. The van der Waals surface area contributed by atoms with E-state index in [4.69, 9.17) is 13.9 Å². The number of furan rings is 1. The summed E-state index contributed by atoms with van der Waals surface area (Å²) in [5.41, 5.74) is -0.318. The lowest BCUT2D eigenvalue weighted by molar-refractivity contribution is -0.147. The number of ether oxygens (including phenoxy) is 2. The third kappa shape index (κ3) is 3.12. The molecule has 9 heteroatoms. The number of fused-ring (bicyclic) bond motifs is 2. The van der Waals surface area contributed by atoms with Gasteiger partial charge in [-0.3, -0.25) is 14.4 Å². The van der Waals surface area contributed by atoms with E-state index >= 15 is 0 Å². The maximum atomic E-state index is 14.0. The Morgan fingerprint density at radius 1 is 1.22 bits per heavy atom. The zero-order chi connectivity index (χ0) is 25.2. The van der Waals surface area contributed by atoms with Crippen LogP contribution in [0.25, 0.3) is 0 Å². The molecule has 0 saturated carbocycles. The van der Waals surface area contributed by atoms with Crippen molar-refractivity contribution < 1.29 is 33.1 Å². The van der Waals surface area contributed by atoms with Crippen molar-refractivity contribution in [3.05, 3.63) is 66.1 Å². The molecular weight excluding hydrogens is 464 g/mol. The lowest BCUT2D eigenvalue weighted by atomic mass is 9.70. The molecule has 3 saturated heterocycles. The lowest BCUT2D eigenvalue weighted by Crippen LogP contribution is -2.55. The van der Waals surface area contributed by atoms with Gasteiger partial charge in [0, 0.05) is 18.0 Å². The van der Waals surface area contributed by atoms with Gasteiger partial charge in [0.2, 0.25) is 11.8 Å². The average molecular weight is 491 g/mol. The Hall–Kier alpha value is -3.72. The van der Waals surface area contributed by atoms with Crippen LogP contribution in [0.1, 0.15) is 42.4 Å². The van der Waals surface area contributed by atoms with Gasteiger partial charge in [-0.25, -0.2) is 4.79 Å². The normalized spacial score (nSPS) is 34.0. The molecule has 3 fully saturated rings. The Morgan fingerprint density at radius 3 is 2.81 bits per heavy atom. The van der Waals surface area contributed by atoms with E-state index in [-0.39, 0.29) is 30.6 Å². The van der Waals surface area contributed by atoms with Gasteiger partial charge in [-0.1, -0.05) is 25.1 Å². The number of Topliss-reactive ketones (excluding diaryl/α,β-unsaturated/α-hetero) is 1. The fraction of sp³-hybridized carbons (Fsp3) is 0.407. The molecule has 1 aromatic carbocycles. The van der Waals surface area contributed by atoms with Crippen molar-refractivity contribution >= 4 is 29.3 Å². The number of piperidine rings is 1. The van der Waals surface area contributed by atoms with E-state index in [1.165, 1.54) is 6.26 Å². The van der Waals surface area contributed by atoms with Crippen molar-refractivity contribution in [2.24, 2.45) is 17.8 Å². The number of carbonyl (C=O) groups is 4. The molecule has 2 bridgehead atoms. The van der Waals surface area contributed by atoms with Crippen LogP contribution in [0.4, 0.5) is 5.69 Å². The summed E-state index contributed by atoms with van der Waals surface area (Å²) < 4.78 is 17.0. The van der Waals surface area contributed by atoms with Crippen LogP contribution in [-0.4, -0.2) is 52.8 Å². The highest BCUT2D eigenvalue weighted by Gasteiger charge is 2.74. The fourth-order valence-electron chi connectivity index (χ4n) is 6.43. The average Bonchev–Trinajstić information content (AvgIpc) is 3.64. The maximum absolute atomic E-state index is 14.0. The first-order chi connectivity index (χ1) is 17.4. The van der Waals surface area contributed by atoms with E-state index in [1.807, 2.05) is 19.1 Å². The molecule has 6 rings (SSSR count). The van der Waals surface area contributed by atoms with Crippen molar-refractivity contribution in [2.75, 3.05) is 11.9 Å². The summed E-state index contributed by atoms with van der Waals surface area (Å²) >= 11 is 0. The molecule has 0 unspecified atom stereocenters. The summed E-state index contributed by atoms with van der Waals surface area (Å²) in [5.74, 6) is -2.49. The van der Waals surface area contributed by atoms with Crippen LogP contribution in [0.5, 0.6) is 0 Å². The molecule has 1 aromatic heterocycles. The van der Waals surface area contributed by atoms with Gasteiger partial charge in [-0.05, 0) is 37.3 Å². The van der Waals surface area contributed by atoms with Crippen LogP contribution in [0.2, 0.25) is 0 Å². The molecule has 9 nitrogen and oxygen atoms in total. The fourth-order valence-corrected chi connectivity index (χ4v) is 6.43. The smallest absolute Gasteiger partial charge is 0.338 e. The van der Waals surface area contributed by atoms with Crippen LogP contribution < -0.4 is 5.32 Å². The topological polar surface area (TPSA) is 115 Å². The van der Waals surface area contributed by atoms with E-state index in [0.717, 1.165) is 0 Å². The van der Waals surface area contributed by atoms with Gasteiger partial charge < -0.3 is 24.1 Å². The lowest BCUT2D eigenvalue weighted by Gasteiger charge is -2.43. The zero-order valence-electron chi connectivity index (χ0n) is 19.9. The number of esters is 1. The first kappa shape index (κ1) is 22.7. The first-order valence-corrected chi connectivity index (χ1v) is 12.2. The van der Waals surface area contributed by atoms with Crippen molar-refractivity contribution in [3.8, 4) is 0 Å². The van der Waals surface area contributed by atoms with E-state index < -0.39 is 47.5 Å². The van der Waals surface area contributed by atoms with Gasteiger partial charge >= 0.3 is 5.97 Å². The third-order valence-electron chi connectivity index (χ3n) is 7.90. The number of ketones is 1. The predicted molar refractivity (Wildman–Crippen MR) is 126 cm³/mol. The number of nitrogens with one attached hydrogen (secondary N) is 1. The molecule has 4 aliphatic heterocycles. The van der Waals surface area contributed by atoms with E-state index in [2.05, 4.69) is 5.32 Å². The standard InChI is InChI=1S/C27H26N2O7/c1-3-34-26(33)15-6-4-7-16(12-15)28-24(31)21-20-9-10-27(36-20)22(21)25(32)29-17(19-8-5-11-35-19)13-18(30)14(2)23(27)29/h4-12,14,17,20-23H,3,13H2,1-2H3,(H,28,31)/t14-,17-,20+,21+,22-,23-,27-/m0/s1. The molecule has 2 aromatic rings. The van der Waals surface area contributed by atoms with Crippen LogP contribution in [-0.2, 0) is 23.9 Å². The number of anilines is 1. The predicted octanol–water partition coefficient (Wildman–Crippen LogP) is 2.90. The summed E-state index contributed by atoms with van der Waals surface area (Å²) in [6.07, 6.45) is 4.78. The van der Waals surface area contributed by atoms with Crippen molar-refractivity contribution in [3.63, 3.8) is 0 Å². The van der Waals surface area contributed by atoms with Gasteiger partial charge in [0.1, 0.15) is 17.1 Å². The second kappa shape index (κ2) is 8.16. The van der Waals surface area contributed by atoms with Gasteiger partial charge in [0.05, 0.1) is 48.5 Å². The Balaban J connectivity index is 1.32. The highest BCUT2D eigenvalue weighted by molar-refractivity contribution is 6.01. The molecule has 7 atom stereocenters. The van der Waals surface area contributed by atoms with Gasteiger partial charge in [-0.2, -0.15) is 0 Å². The number of hydrogen-bond donors (Lipinski definition) is 1. The van der Waals surface area contributed by atoms with Crippen molar-refractivity contribution in [1.29, 1.82) is 0 Å². The number of hydrogen-bond acceptors (Lipinski definition) is 7. The molecule has 2 amide bonds. The molecule has 186 valence electrons. The van der Waals surface area contributed by atoms with Crippen molar-refractivity contribution in [1.82, 2.24) is 4.90 Å². The number of carbonyl (C=O) groups excluding carboxylic acids is 4. The molecule has 5 heterocycles. The minimum Gasteiger partial charge on any atom is -0.467 e. The second-order valence-electron chi connectivity index (χ2n) is 9.77. The molecule has 1 spiro atoms. The van der Waals surface area contributed by atoms with E-state index in [0.29, 0.717) is 17.0 Å². The summed E-state index contributed by atoms with van der Waals surface area (Å²) in [6.45, 7) is 3.78. The minimum absolute atomic E-state index is 0.0320. The number of nitrogens with zero attached hydrogens (tertiary/aromatic N) is 1. The SMILES string of the molecule is CCOC(=O)c1cccc(NC(=O)[C@H]2[C@H]3C(=O)N4[C@@H]([C@@H](C)C(=O)C[C@H]4c4ccco4)[C@]34C=C[C@H]2O4)c1. The summed E-state index contributed by atoms with van der Waals surface area (Å²) in [5, 5.41) is 2.86. The van der Waals surface area contributed by atoms with Crippen LogP contribution in [0.3, 0.4) is 0 Å². The molecular formula is C27H26N2O7. The maximum Gasteiger partial charge on any atom is 0.338 e. The van der Waals surface area contributed by atoms with Crippen LogP contribution in [0.15, 0.2) is 59.2 Å². The van der Waals surface area contributed by atoms with Crippen LogP contribution >= 0.6 is 0 Å². The number of rotatable bonds is 5. The van der Waals surface area contributed by atoms with E-state index in [9.17, 15) is 19.2 Å². The Labute approximate surface area is 207 Å². The molecule has 0 radical (unpaired) electrons. The number of amides is 2. The Morgan fingerprint density at radius 2 is 2.06 bits per heavy atom. The van der Waals surface area contributed by atoms with Crippen LogP contribution in [0, 0.1) is 17.8 Å². The molecule has 0 aliphatic carbocycles. The highest BCUT2D eigenvalue weighted by Crippen LogP contribution is 2.60. The van der Waals surface area contributed by atoms with Gasteiger partial charge in [0.15, 0.2) is 0 Å². The number of benzene rings is 1. The largest absolute Gasteiger partial charge is 0.467 e. The summed E-state index contributed by atoms with van der Waals surface area (Å²) in [7, 11) is 0. The van der Waals surface area contributed by atoms with E-state index in [1.54, 1.807) is 48.2 Å². The Kier molecular flexibility index (Phi) is 5.15. The summed E-state index contributed by atoms with van der Waals surface area (Å²) in [4.78, 5) is 54.4. The molecule has 1 N–H and O–H groups in total. The summed E-state index contributed by atoms with van der Waals surface area (Å²) in [6, 6.07) is 8.91. The zero-order valence-corrected chi connectivity index (χ0v) is 19.9.